The van der Waals surface area contributed by atoms with Crippen LogP contribution in [0.15, 0.2) is 66.2 Å². The minimum atomic E-state index is 0.0805. The number of para-hydroxylation sites is 1. The zero-order chi connectivity index (χ0) is 18.1. The number of allylic oxidation sites excluding steroid dienone is 1. The molecule has 0 saturated carbocycles. The Hall–Kier alpha value is -2.06. The van der Waals surface area contributed by atoms with Crippen LogP contribution < -0.4 is 4.74 Å². The molecule has 2 heteroatoms. The fourth-order valence-electron chi connectivity index (χ4n) is 4.81. The molecule has 0 radical (unpaired) electrons. The zero-order valence-corrected chi connectivity index (χ0v) is 15.9. The monoisotopic (exact) mass is 348 g/mol. The average Bonchev–Trinajstić information content (AvgIpc) is 2.65. The summed E-state index contributed by atoms with van der Waals surface area (Å²) in [7, 11) is 0. The Balaban J connectivity index is 1.61. The quantitative estimate of drug-likeness (QED) is 0.650. The molecule has 0 amide bonds. The summed E-state index contributed by atoms with van der Waals surface area (Å²) in [6.07, 6.45) is 2.54. The second-order valence-corrected chi connectivity index (χ2v) is 7.88. The topological polar surface area (TPSA) is 18.5 Å². The van der Waals surface area contributed by atoms with Crippen molar-refractivity contribution < 1.29 is 9.47 Å². The second-order valence-electron chi connectivity index (χ2n) is 7.88. The summed E-state index contributed by atoms with van der Waals surface area (Å²) >= 11 is 0. The van der Waals surface area contributed by atoms with Gasteiger partial charge in [0.25, 0.3) is 0 Å². The van der Waals surface area contributed by atoms with Crippen LogP contribution in [0.4, 0.5) is 0 Å². The van der Waals surface area contributed by atoms with E-state index in [1.807, 2.05) is 24.3 Å². The van der Waals surface area contributed by atoms with Crippen LogP contribution in [0.3, 0.4) is 0 Å². The van der Waals surface area contributed by atoms with Gasteiger partial charge in [0.05, 0.1) is 12.7 Å². The maximum Gasteiger partial charge on any atom is 0.125 e. The highest BCUT2D eigenvalue weighted by atomic mass is 16.5. The molecule has 2 aliphatic rings. The van der Waals surface area contributed by atoms with Gasteiger partial charge in [-0.15, -0.1) is 0 Å². The number of benzene rings is 2. The van der Waals surface area contributed by atoms with E-state index in [0.717, 1.165) is 12.4 Å². The smallest absolute Gasteiger partial charge is 0.125 e. The maximum absolute atomic E-state index is 6.41. The number of hydrogen-bond donors (Lipinski definition) is 0. The lowest BCUT2D eigenvalue weighted by Crippen LogP contribution is -2.42. The molecule has 2 bridgehead atoms. The van der Waals surface area contributed by atoms with Gasteiger partial charge >= 0.3 is 0 Å². The van der Waals surface area contributed by atoms with Crippen molar-refractivity contribution in [2.24, 2.45) is 23.7 Å². The Morgan fingerprint density at radius 2 is 1.73 bits per heavy atom. The Bertz CT molecular complexity index is 780. The van der Waals surface area contributed by atoms with E-state index in [4.69, 9.17) is 9.47 Å². The van der Waals surface area contributed by atoms with Crippen LogP contribution in [-0.4, -0.2) is 6.61 Å². The summed E-state index contributed by atoms with van der Waals surface area (Å²) in [4.78, 5) is 0. The lowest BCUT2D eigenvalue weighted by molar-refractivity contribution is -0.0942. The molecule has 1 fully saturated rings. The summed E-state index contributed by atoms with van der Waals surface area (Å²) in [5.41, 5.74) is 3.83. The molecule has 0 unspecified atom stereocenters. The van der Waals surface area contributed by atoms with E-state index >= 15 is 0 Å². The van der Waals surface area contributed by atoms with Gasteiger partial charge in [-0.25, -0.2) is 0 Å². The van der Waals surface area contributed by atoms with E-state index in [-0.39, 0.29) is 6.10 Å². The van der Waals surface area contributed by atoms with Gasteiger partial charge in [-0.2, -0.15) is 0 Å². The highest BCUT2D eigenvalue weighted by molar-refractivity contribution is 5.38. The van der Waals surface area contributed by atoms with Gasteiger partial charge in [0.2, 0.25) is 0 Å². The molecule has 1 aliphatic carbocycles. The Labute approximate surface area is 156 Å². The molecular weight excluding hydrogens is 320 g/mol. The first kappa shape index (κ1) is 17.4. The van der Waals surface area contributed by atoms with E-state index in [0.29, 0.717) is 30.3 Å². The molecule has 1 saturated heterocycles. The van der Waals surface area contributed by atoms with Gasteiger partial charge < -0.3 is 9.47 Å². The van der Waals surface area contributed by atoms with Crippen molar-refractivity contribution in [2.45, 2.75) is 33.5 Å². The lowest BCUT2D eigenvalue weighted by Gasteiger charge is -2.47. The zero-order valence-electron chi connectivity index (χ0n) is 15.9. The third-order valence-electron chi connectivity index (χ3n) is 6.23. The highest BCUT2D eigenvalue weighted by Crippen LogP contribution is 2.51. The van der Waals surface area contributed by atoms with Gasteiger partial charge in [-0.1, -0.05) is 74.0 Å². The fourth-order valence-corrected chi connectivity index (χ4v) is 4.81. The highest BCUT2D eigenvalue weighted by Gasteiger charge is 2.44. The molecule has 2 aromatic rings. The van der Waals surface area contributed by atoms with Crippen LogP contribution in [0.25, 0.3) is 0 Å². The second kappa shape index (κ2) is 7.28. The molecular formula is C24H28O2. The Morgan fingerprint density at radius 3 is 2.54 bits per heavy atom. The van der Waals surface area contributed by atoms with Crippen LogP contribution in [0.1, 0.15) is 38.0 Å². The normalized spacial score (nSPS) is 30.6. The van der Waals surface area contributed by atoms with Crippen LogP contribution >= 0.6 is 0 Å². The van der Waals surface area contributed by atoms with Crippen LogP contribution in [0.2, 0.25) is 0 Å². The van der Waals surface area contributed by atoms with Crippen molar-refractivity contribution in [2.75, 3.05) is 6.61 Å². The van der Waals surface area contributed by atoms with Gasteiger partial charge in [0.15, 0.2) is 0 Å². The first-order valence-electron chi connectivity index (χ1n) is 9.70. The number of rotatable bonds is 4. The van der Waals surface area contributed by atoms with Crippen molar-refractivity contribution >= 4 is 0 Å². The first-order valence-corrected chi connectivity index (χ1v) is 9.70. The number of fused-ring (bicyclic) bond motifs is 2. The molecule has 4 rings (SSSR count). The van der Waals surface area contributed by atoms with Crippen LogP contribution in [-0.2, 0) is 11.3 Å². The predicted molar refractivity (Wildman–Crippen MR) is 105 cm³/mol. The van der Waals surface area contributed by atoms with Crippen LogP contribution in [0, 0.1) is 23.7 Å². The van der Waals surface area contributed by atoms with E-state index < -0.39 is 0 Å². The lowest BCUT2D eigenvalue weighted by atomic mass is 9.64. The molecule has 136 valence electrons. The summed E-state index contributed by atoms with van der Waals surface area (Å²) < 4.78 is 12.6. The van der Waals surface area contributed by atoms with E-state index in [9.17, 15) is 0 Å². The molecule has 26 heavy (non-hydrogen) atoms. The standard InChI is InChI=1S/C24H28O2/c1-16-13-17(2)23-18(3)21(16)15-26-24(23)20-11-7-8-12-22(20)25-14-19-9-5-4-6-10-19/h4-13,16,18,21,23-24H,14-15H2,1-3H3/t16-,18-,21-,23-,24-/m0/s1. The molecule has 0 aromatic heterocycles. The Kier molecular flexibility index (Phi) is 4.86. The van der Waals surface area contributed by atoms with Gasteiger partial charge in [-0.3, -0.25) is 0 Å². The number of hydrogen-bond acceptors (Lipinski definition) is 2. The van der Waals surface area contributed by atoms with Gasteiger partial charge in [0.1, 0.15) is 12.4 Å². The molecule has 2 nitrogen and oxygen atoms in total. The van der Waals surface area contributed by atoms with Crippen molar-refractivity contribution in [3.05, 3.63) is 77.4 Å². The van der Waals surface area contributed by atoms with Crippen LogP contribution in [0.5, 0.6) is 5.75 Å². The minimum absolute atomic E-state index is 0.0805. The van der Waals surface area contributed by atoms with Gasteiger partial charge in [-0.05, 0) is 36.3 Å². The summed E-state index contributed by atoms with van der Waals surface area (Å²) in [5, 5.41) is 0. The fraction of sp³-hybridized carbons (Fsp3) is 0.417. The van der Waals surface area contributed by atoms with E-state index in [1.54, 1.807) is 0 Å². The molecule has 1 heterocycles. The van der Waals surface area contributed by atoms with Crippen molar-refractivity contribution in [1.29, 1.82) is 0 Å². The summed E-state index contributed by atoms with van der Waals surface area (Å²) in [6.45, 7) is 8.40. The van der Waals surface area contributed by atoms with E-state index in [2.05, 4.69) is 57.2 Å². The summed E-state index contributed by atoms with van der Waals surface area (Å²) in [6, 6.07) is 18.7. The minimum Gasteiger partial charge on any atom is -0.489 e. The third-order valence-corrected chi connectivity index (χ3v) is 6.23. The van der Waals surface area contributed by atoms with E-state index in [1.165, 1.54) is 16.7 Å². The molecule has 1 aliphatic heterocycles. The largest absolute Gasteiger partial charge is 0.489 e. The SMILES string of the molecule is CC1=C[C@H](C)[C@@H]2CO[C@@H](c3ccccc3OCc3ccccc3)[C@@H]1[C@H]2C. The van der Waals surface area contributed by atoms with Gasteiger partial charge in [0, 0.05) is 11.5 Å². The third kappa shape index (κ3) is 3.19. The molecule has 2 aromatic carbocycles. The molecule has 5 atom stereocenters. The maximum atomic E-state index is 6.41. The number of ether oxygens (including phenoxy) is 2. The van der Waals surface area contributed by atoms with Crippen molar-refractivity contribution in [3.8, 4) is 5.75 Å². The predicted octanol–water partition coefficient (Wildman–Crippen LogP) is 5.80. The molecule has 0 spiro atoms. The average molecular weight is 348 g/mol. The first-order chi connectivity index (χ1) is 12.6. The Morgan fingerprint density at radius 1 is 1.00 bits per heavy atom. The van der Waals surface area contributed by atoms with Crippen molar-refractivity contribution in [1.82, 2.24) is 0 Å². The molecule has 0 N–H and O–H groups in total. The summed E-state index contributed by atoms with van der Waals surface area (Å²) in [5.74, 6) is 3.24. The van der Waals surface area contributed by atoms with Crippen molar-refractivity contribution in [3.63, 3.8) is 0 Å².